The van der Waals surface area contributed by atoms with Crippen LogP contribution in [-0.4, -0.2) is 56.0 Å². The molecule has 1 aromatic carbocycles. The topological polar surface area (TPSA) is 86.0 Å². The molecule has 0 radical (unpaired) electrons. The summed E-state index contributed by atoms with van der Waals surface area (Å²) in [5, 5.41) is 8.36. The van der Waals surface area contributed by atoms with Crippen molar-refractivity contribution < 1.29 is 13.9 Å². The molecular weight excluding hydrogens is 411 g/mol. The first-order valence-electron chi connectivity index (χ1n) is 10.5. The molecule has 1 amide bonds. The van der Waals surface area contributed by atoms with Crippen LogP contribution in [0.2, 0.25) is 0 Å². The van der Waals surface area contributed by atoms with Crippen molar-refractivity contribution in [3.05, 3.63) is 65.3 Å². The summed E-state index contributed by atoms with van der Waals surface area (Å²) in [6.07, 6.45) is 6.06. The second-order valence-corrected chi connectivity index (χ2v) is 8.26. The van der Waals surface area contributed by atoms with E-state index in [0.29, 0.717) is 53.2 Å². The second kappa shape index (κ2) is 7.81. The molecule has 0 N–H and O–H groups in total. The Morgan fingerprint density at radius 3 is 2.50 bits per heavy atom. The molecular formula is C23H23FN6O2. The van der Waals surface area contributed by atoms with E-state index in [0.717, 1.165) is 12.0 Å². The van der Waals surface area contributed by atoms with Crippen molar-refractivity contribution in [2.45, 2.75) is 20.3 Å². The van der Waals surface area contributed by atoms with Gasteiger partial charge in [0.1, 0.15) is 11.4 Å². The van der Waals surface area contributed by atoms with Crippen LogP contribution in [-0.2, 0) is 0 Å². The summed E-state index contributed by atoms with van der Waals surface area (Å²) in [4.78, 5) is 25.4. The summed E-state index contributed by atoms with van der Waals surface area (Å²) in [5.74, 6) is 1.33. The molecule has 0 spiro atoms. The van der Waals surface area contributed by atoms with Gasteiger partial charge in [0.25, 0.3) is 5.91 Å². The van der Waals surface area contributed by atoms with E-state index in [1.807, 2.05) is 4.90 Å². The third kappa shape index (κ3) is 3.43. The maximum Gasteiger partial charge on any atom is 0.256 e. The molecule has 3 aromatic rings. The molecule has 32 heavy (non-hydrogen) atoms. The largest absolute Gasteiger partial charge is 0.497 e. The number of likely N-dealkylation sites (tertiary alicyclic amines) is 1. The average molecular weight is 434 g/mol. The third-order valence-corrected chi connectivity index (χ3v) is 6.22. The number of nitrogens with zero attached hydrogens (tertiary/aromatic N) is 6. The highest BCUT2D eigenvalue weighted by molar-refractivity contribution is 5.98. The minimum Gasteiger partial charge on any atom is -0.497 e. The Morgan fingerprint density at radius 1 is 1.12 bits per heavy atom. The van der Waals surface area contributed by atoms with Gasteiger partial charge in [-0.15, -0.1) is 0 Å². The lowest BCUT2D eigenvalue weighted by molar-refractivity contribution is 0.0784. The zero-order valence-corrected chi connectivity index (χ0v) is 18.1. The van der Waals surface area contributed by atoms with Gasteiger partial charge in [0.15, 0.2) is 11.6 Å². The van der Waals surface area contributed by atoms with Gasteiger partial charge in [0.05, 0.1) is 36.5 Å². The van der Waals surface area contributed by atoms with Crippen LogP contribution in [0.5, 0.6) is 5.75 Å². The van der Waals surface area contributed by atoms with E-state index in [2.05, 4.69) is 26.2 Å². The average Bonchev–Trinajstić information content (AvgIpc) is 3.53. The number of aryl methyl sites for hydroxylation is 2. The molecule has 1 aliphatic heterocycles. The molecule has 164 valence electrons. The fourth-order valence-electron chi connectivity index (χ4n) is 4.58. The number of aromatic nitrogens is 5. The Morgan fingerprint density at radius 2 is 1.84 bits per heavy atom. The molecule has 2 unspecified atom stereocenters. The fourth-order valence-corrected chi connectivity index (χ4v) is 4.58. The van der Waals surface area contributed by atoms with Gasteiger partial charge in [0, 0.05) is 19.2 Å². The molecule has 0 saturated carbocycles. The molecule has 1 fully saturated rings. The summed E-state index contributed by atoms with van der Waals surface area (Å²) in [6.45, 7) is 4.57. The molecule has 1 aliphatic carbocycles. The van der Waals surface area contributed by atoms with Crippen molar-refractivity contribution in [1.82, 2.24) is 29.9 Å². The predicted molar refractivity (Wildman–Crippen MR) is 115 cm³/mol. The van der Waals surface area contributed by atoms with Gasteiger partial charge in [-0.1, -0.05) is 6.08 Å². The summed E-state index contributed by atoms with van der Waals surface area (Å²) in [5.41, 5.74) is 2.87. The Balaban J connectivity index is 1.38. The summed E-state index contributed by atoms with van der Waals surface area (Å²) in [6, 6.07) is 5.29. The predicted octanol–water partition coefficient (Wildman–Crippen LogP) is 3.00. The van der Waals surface area contributed by atoms with Gasteiger partial charge in [-0.2, -0.15) is 15.0 Å². The number of fused-ring (bicyclic) bond motifs is 1. The number of carbonyl (C=O) groups excluding carboxylic acids is 1. The maximum absolute atomic E-state index is 13.9. The normalized spacial score (nSPS) is 19.8. The minimum atomic E-state index is -0.355. The molecule has 3 heterocycles. The van der Waals surface area contributed by atoms with Crippen LogP contribution >= 0.6 is 0 Å². The fraction of sp³-hybridized carbons (Fsp3) is 0.348. The summed E-state index contributed by atoms with van der Waals surface area (Å²) in [7, 11) is 1.58. The van der Waals surface area contributed by atoms with Crippen LogP contribution in [0.3, 0.4) is 0 Å². The molecule has 9 heteroatoms. The molecule has 2 atom stereocenters. The van der Waals surface area contributed by atoms with Crippen molar-refractivity contribution in [3.63, 3.8) is 0 Å². The van der Waals surface area contributed by atoms with Crippen molar-refractivity contribution >= 4 is 11.5 Å². The summed E-state index contributed by atoms with van der Waals surface area (Å²) < 4.78 is 19.2. The van der Waals surface area contributed by atoms with Crippen molar-refractivity contribution in [3.8, 4) is 11.4 Å². The molecule has 2 aliphatic rings. The first-order chi connectivity index (χ1) is 15.4. The number of hydrogen-bond acceptors (Lipinski definition) is 6. The molecule has 5 rings (SSSR count). The third-order valence-electron chi connectivity index (χ3n) is 6.22. The smallest absolute Gasteiger partial charge is 0.256 e. The number of halogens is 1. The van der Waals surface area contributed by atoms with E-state index in [1.54, 1.807) is 51.6 Å². The standard InChI is InChI=1S/C23H23FN6O2/c1-13-21(24)14(2)28-22(27-13)15-8-16-11-29(12-17(16)9-15)23(31)19-5-4-18(32-3)10-20(19)30-25-6-7-26-30/h4-8,10,16-17H,9,11-12H2,1-3H3. The lowest BCUT2D eigenvalue weighted by Crippen LogP contribution is -2.30. The van der Waals surface area contributed by atoms with Crippen LogP contribution in [0.1, 0.15) is 34.0 Å². The number of hydrogen-bond donors (Lipinski definition) is 0. The Bertz CT molecular complexity index is 1200. The second-order valence-electron chi connectivity index (χ2n) is 8.26. The van der Waals surface area contributed by atoms with Gasteiger partial charge < -0.3 is 9.64 Å². The van der Waals surface area contributed by atoms with E-state index < -0.39 is 0 Å². The Kier molecular flexibility index (Phi) is 4.96. The lowest BCUT2D eigenvalue weighted by atomic mass is 10.00. The zero-order valence-electron chi connectivity index (χ0n) is 18.1. The maximum atomic E-state index is 13.9. The van der Waals surface area contributed by atoms with Crippen LogP contribution in [0, 0.1) is 31.5 Å². The number of methoxy groups -OCH3 is 1. The van der Waals surface area contributed by atoms with Gasteiger partial charge in [-0.3, -0.25) is 4.79 Å². The number of carbonyl (C=O) groups is 1. The van der Waals surface area contributed by atoms with Gasteiger partial charge >= 0.3 is 0 Å². The minimum absolute atomic E-state index is 0.0611. The number of ether oxygens (including phenoxy) is 1. The Labute approximate surface area is 184 Å². The van der Waals surface area contributed by atoms with E-state index in [9.17, 15) is 9.18 Å². The first kappa shape index (κ1) is 20.3. The van der Waals surface area contributed by atoms with E-state index in [-0.39, 0.29) is 17.6 Å². The van der Waals surface area contributed by atoms with Gasteiger partial charge in [0.2, 0.25) is 0 Å². The molecule has 1 saturated heterocycles. The summed E-state index contributed by atoms with van der Waals surface area (Å²) >= 11 is 0. The molecule has 8 nitrogen and oxygen atoms in total. The van der Waals surface area contributed by atoms with Crippen LogP contribution < -0.4 is 4.74 Å². The van der Waals surface area contributed by atoms with Crippen LogP contribution in [0.25, 0.3) is 11.3 Å². The van der Waals surface area contributed by atoms with E-state index >= 15 is 0 Å². The SMILES string of the molecule is COc1ccc(C(=O)N2CC3C=C(c4nc(C)c(F)c(C)n4)CC3C2)c(-n2nccn2)c1. The number of benzene rings is 1. The van der Waals surface area contributed by atoms with E-state index in [1.165, 1.54) is 4.80 Å². The number of amides is 1. The van der Waals surface area contributed by atoms with Crippen molar-refractivity contribution in [1.29, 1.82) is 0 Å². The lowest BCUT2D eigenvalue weighted by Gasteiger charge is -2.19. The van der Waals surface area contributed by atoms with Gasteiger partial charge in [-0.05, 0) is 49.8 Å². The van der Waals surface area contributed by atoms with Crippen molar-refractivity contribution in [2.24, 2.45) is 11.8 Å². The number of rotatable bonds is 4. The Hall–Kier alpha value is -3.62. The van der Waals surface area contributed by atoms with Crippen molar-refractivity contribution in [2.75, 3.05) is 20.2 Å². The molecule has 0 bridgehead atoms. The van der Waals surface area contributed by atoms with Crippen LogP contribution in [0.4, 0.5) is 4.39 Å². The van der Waals surface area contributed by atoms with Crippen LogP contribution in [0.15, 0.2) is 36.7 Å². The monoisotopic (exact) mass is 434 g/mol. The highest BCUT2D eigenvalue weighted by Crippen LogP contribution is 2.41. The highest BCUT2D eigenvalue weighted by Gasteiger charge is 2.40. The van der Waals surface area contributed by atoms with Gasteiger partial charge in [-0.25, -0.2) is 14.4 Å². The highest BCUT2D eigenvalue weighted by atomic mass is 19.1. The molecule has 2 aromatic heterocycles. The number of allylic oxidation sites excluding steroid dienone is 1. The quantitative estimate of drug-likeness (QED) is 0.628. The van der Waals surface area contributed by atoms with E-state index in [4.69, 9.17) is 4.74 Å². The first-order valence-corrected chi connectivity index (χ1v) is 10.5. The zero-order chi connectivity index (χ0) is 22.4.